The molecule has 0 N–H and O–H groups in total. The lowest BCUT2D eigenvalue weighted by molar-refractivity contribution is 0.317. The normalized spacial score (nSPS) is 19.3. The zero-order valence-electron chi connectivity index (χ0n) is 6.04. The van der Waals surface area contributed by atoms with E-state index in [-0.39, 0.29) is 5.25 Å². The molecule has 0 aliphatic heterocycles. The Labute approximate surface area is 61.5 Å². The molecule has 0 aromatic rings. The Morgan fingerprint density at radius 3 is 2.50 bits per heavy atom. The second-order valence-corrected chi connectivity index (χ2v) is 4.40. The molecular weight excluding hydrogens is 152 g/mol. The van der Waals surface area contributed by atoms with Gasteiger partial charge in [0.2, 0.25) is 0 Å². The molecular formula is C6H12O3S. The predicted molar refractivity (Wildman–Crippen MR) is 38.2 cm³/mol. The molecule has 0 aromatic heterocycles. The summed E-state index contributed by atoms with van der Waals surface area (Å²) in [7, 11) is -3.15. The summed E-state index contributed by atoms with van der Waals surface area (Å²) in [6.07, 6.45) is 2.32. The van der Waals surface area contributed by atoms with Crippen molar-refractivity contribution in [1.29, 1.82) is 0 Å². The van der Waals surface area contributed by atoms with Crippen molar-refractivity contribution in [1.82, 2.24) is 0 Å². The standard InChI is InChI=1S/C6H12O3S/c1-2-5-9-10(7,8)6-3-4-6/h6H,2-5H2,1H3. The molecule has 0 heterocycles. The van der Waals surface area contributed by atoms with Gasteiger partial charge >= 0.3 is 0 Å². The second-order valence-electron chi connectivity index (χ2n) is 2.51. The molecule has 1 aliphatic rings. The Hall–Kier alpha value is -0.0900. The van der Waals surface area contributed by atoms with Crippen LogP contribution in [-0.4, -0.2) is 20.3 Å². The maximum absolute atomic E-state index is 10.9. The van der Waals surface area contributed by atoms with Crippen LogP contribution in [0.25, 0.3) is 0 Å². The monoisotopic (exact) mass is 164 g/mol. The molecule has 1 saturated carbocycles. The minimum absolute atomic E-state index is 0.181. The third kappa shape index (κ3) is 1.95. The molecule has 0 saturated heterocycles. The van der Waals surface area contributed by atoms with Gasteiger partial charge in [-0.15, -0.1) is 0 Å². The summed E-state index contributed by atoms with van der Waals surface area (Å²) in [5.41, 5.74) is 0. The summed E-state index contributed by atoms with van der Waals surface area (Å²) in [5, 5.41) is -0.181. The predicted octanol–water partition coefficient (Wildman–Crippen LogP) is 0.905. The van der Waals surface area contributed by atoms with E-state index in [1.165, 1.54) is 0 Å². The van der Waals surface area contributed by atoms with Crippen LogP contribution < -0.4 is 0 Å². The van der Waals surface area contributed by atoms with Crippen molar-refractivity contribution in [3.63, 3.8) is 0 Å². The maximum atomic E-state index is 10.9. The summed E-state index contributed by atoms with van der Waals surface area (Å²) < 4.78 is 26.5. The molecule has 1 aliphatic carbocycles. The van der Waals surface area contributed by atoms with Gasteiger partial charge in [0.05, 0.1) is 11.9 Å². The van der Waals surface area contributed by atoms with Gasteiger partial charge in [0.1, 0.15) is 0 Å². The molecule has 0 atom stereocenters. The van der Waals surface area contributed by atoms with Gasteiger partial charge in [0, 0.05) is 0 Å². The van der Waals surface area contributed by atoms with E-state index in [4.69, 9.17) is 0 Å². The van der Waals surface area contributed by atoms with Gasteiger partial charge in [-0.2, -0.15) is 8.42 Å². The van der Waals surface area contributed by atoms with Gasteiger partial charge in [-0.25, -0.2) is 0 Å². The van der Waals surface area contributed by atoms with Crippen molar-refractivity contribution in [2.75, 3.05) is 6.61 Å². The van der Waals surface area contributed by atoms with Crippen molar-refractivity contribution in [3.05, 3.63) is 0 Å². The van der Waals surface area contributed by atoms with E-state index >= 15 is 0 Å². The SMILES string of the molecule is CCCOS(=O)(=O)C1CC1. The summed E-state index contributed by atoms with van der Waals surface area (Å²) in [5.74, 6) is 0. The highest BCUT2D eigenvalue weighted by Gasteiger charge is 2.36. The summed E-state index contributed by atoms with van der Waals surface area (Å²) in [6.45, 7) is 2.22. The summed E-state index contributed by atoms with van der Waals surface area (Å²) >= 11 is 0. The molecule has 60 valence electrons. The Kier molecular flexibility index (Phi) is 2.31. The van der Waals surface area contributed by atoms with Crippen LogP contribution in [0.1, 0.15) is 26.2 Å². The average molecular weight is 164 g/mol. The molecule has 0 bridgehead atoms. The Morgan fingerprint density at radius 2 is 2.10 bits per heavy atom. The number of rotatable bonds is 4. The van der Waals surface area contributed by atoms with Gasteiger partial charge < -0.3 is 0 Å². The van der Waals surface area contributed by atoms with Crippen LogP contribution in [0.15, 0.2) is 0 Å². The van der Waals surface area contributed by atoms with Crippen molar-refractivity contribution < 1.29 is 12.6 Å². The topological polar surface area (TPSA) is 43.4 Å². The highest BCUT2D eigenvalue weighted by atomic mass is 32.2. The largest absolute Gasteiger partial charge is 0.270 e. The van der Waals surface area contributed by atoms with Crippen LogP contribution in [0.4, 0.5) is 0 Å². The van der Waals surface area contributed by atoms with Crippen LogP contribution in [0.5, 0.6) is 0 Å². The molecule has 10 heavy (non-hydrogen) atoms. The zero-order chi connectivity index (χ0) is 7.61. The minimum atomic E-state index is -3.15. The molecule has 0 radical (unpaired) electrons. The van der Waals surface area contributed by atoms with E-state index in [0.717, 1.165) is 19.3 Å². The molecule has 4 heteroatoms. The highest BCUT2D eigenvalue weighted by Crippen LogP contribution is 2.29. The number of hydrogen-bond acceptors (Lipinski definition) is 3. The first-order valence-electron chi connectivity index (χ1n) is 3.55. The van der Waals surface area contributed by atoms with Crippen LogP contribution in [-0.2, 0) is 14.3 Å². The van der Waals surface area contributed by atoms with E-state index in [1.807, 2.05) is 6.92 Å². The lowest BCUT2D eigenvalue weighted by atomic mass is 10.5. The van der Waals surface area contributed by atoms with Gasteiger partial charge in [0.25, 0.3) is 10.1 Å². The van der Waals surface area contributed by atoms with Gasteiger partial charge in [0.15, 0.2) is 0 Å². The smallest absolute Gasteiger partial charge is 0.270 e. The fraction of sp³-hybridized carbons (Fsp3) is 1.00. The minimum Gasteiger partial charge on any atom is -0.270 e. The molecule has 0 unspecified atom stereocenters. The first-order chi connectivity index (χ1) is 4.67. The molecule has 1 fully saturated rings. The van der Waals surface area contributed by atoms with Crippen molar-refractivity contribution >= 4 is 10.1 Å². The summed E-state index contributed by atoms with van der Waals surface area (Å²) in [4.78, 5) is 0. The lowest BCUT2D eigenvalue weighted by Crippen LogP contribution is -2.11. The summed E-state index contributed by atoms with van der Waals surface area (Å²) in [6, 6.07) is 0. The molecule has 3 nitrogen and oxygen atoms in total. The van der Waals surface area contributed by atoms with Gasteiger partial charge in [-0.05, 0) is 19.3 Å². The Morgan fingerprint density at radius 1 is 1.50 bits per heavy atom. The maximum Gasteiger partial charge on any atom is 0.270 e. The lowest BCUT2D eigenvalue weighted by Gasteiger charge is -2.00. The Balaban J connectivity index is 2.36. The number of hydrogen-bond donors (Lipinski definition) is 0. The van der Waals surface area contributed by atoms with Gasteiger partial charge in [-0.3, -0.25) is 4.18 Å². The fourth-order valence-electron chi connectivity index (χ4n) is 0.652. The zero-order valence-corrected chi connectivity index (χ0v) is 6.86. The van der Waals surface area contributed by atoms with Crippen molar-refractivity contribution in [2.45, 2.75) is 31.4 Å². The van der Waals surface area contributed by atoms with E-state index in [1.54, 1.807) is 0 Å². The molecule has 0 amide bonds. The van der Waals surface area contributed by atoms with Crippen molar-refractivity contribution in [3.8, 4) is 0 Å². The first kappa shape index (κ1) is 8.01. The van der Waals surface area contributed by atoms with Crippen molar-refractivity contribution in [2.24, 2.45) is 0 Å². The molecule has 1 rings (SSSR count). The van der Waals surface area contributed by atoms with E-state index in [0.29, 0.717) is 6.61 Å². The van der Waals surface area contributed by atoms with Crippen LogP contribution >= 0.6 is 0 Å². The Bertz CT molecular complexity index is 191. The average Bonchev–Trinajstić information content (AvgIpc) is 2.64. The third-order valence-corrected chi connectivity index (χ3v) is 3.17. The van der Waals surface area contributed by atoms with Gasteiger partial charge in [-0.1, -0.05) is 6.92 Å². The third-order valence-electron chi connectivity index (χ3n) is 1.38. The highest BCUT2D eigenvalue weighted by molar-refractivity contribution is 7.87. The van der Waals surface area contributed by atoms with E-state index < -0.39 is 10.1 Å². The second kappa shape index (κ2) is 2.88. The first-order valence-corrected chi connectivity index (χ1v) is 5.02. The van der Waals surface area contributed by atoms with Crippen LogP contribution in [0.2, 0.25) is 0 Å². The molecule has 0 spiro atoms. The fourth-order valence-corrected chi connectivity index (χ4v) is 1.96. The quantitative estimate of drug-likeness (QED) is 0.580. The van der Waals surface area contributed by atoms with Crippen LogP contribution in [0.3, 0.4) is 0 Å². The van der Waals surface area contributed by atoms with E-state index in [9.17, 15) is 8.42 Å². The van der Waals surface area contributed by atoms with Crippen LogP contribution in [0, 0.1) is 0 Å². The van der Waals surface area contributed by atoms with E-state index in [2.05, 4.69) is 4.18 Å². The molecule has 0 aromatic carbocycles.